The third-order valence-electron chi connectivity index (χ3n) is 3.82. The Morgan fingerprint density at radius 3 is 2.79 bits per heavy atom. The van der Waals surface area contributed by atoms with Crippen molar-refractivity contribution in [1.82, 2.24) is 10.3 Å². The molecule has 1 fully saturated rings. The second kappa shape index (κ2) is 5.49. The number of para-hydroxylation sites is 1. The summed E-state index contributed by atoms with van der Waals surface area (Å²) in [6.45, 7) is 0. The second-order valence-corrected chi connectivity index (χ2v) is 5.75. The Hall–Kier alpha value is -2.60. The van der Waals surface area contributed by atoms with E-state index in [-0.39, 0.29) is 23.4 Å². The molecule has 3 N–H and O–H groups in total. The minimum atomic E-state index is -4.57. The van der Waals surface area contributed by atoms with Crippen molar-refractivity contribution < 1.29 is 22.4 Å². The number of carbonyl (C=O) groups is 1. The molecule has 3 rings (SSSR count). The second-order valence-electron chi connectivity index (χ2n) is 5.75. The number of amides is 1. The number of nitriles is 1. The molecule has 6 nitrogen and oxygen atoms in total. The van der Waals surface area contributed by atoms with Gasteiger partial charge in [-0.15, -0.1) is 0 Å². The van der Waals surface area contributed by atoms with E-state index in [2.05, 4.69) is 10.3 Å². The summed E-state index contributed by atoms with van der Waals surface area (Å²) in [6.07, 6.45) is -3.63. The van der Waals surface area contributed by atoms with Crippen molar-refractivity contribution in [2.45, 2.75) is 37.0 Å². The van der Waals surface area contributed by atoms with Gasteiger partial charge in [-0.2, -0.15) is 18.4 Å². The lowest BCUT2D eigenvalue weighted by atomic mass is 10.2. The van der Waals surface area contributed by atoms with Gasteiger partial charge in [-0.05, 0) is 25.0 Å². The number of aromatic nitrogens is 1. The summed E-state index contributed by atoms with van der Waals surface area (Å²) in [7, 11) is 0. The molecule has 1 aliphatic carbocycles. The van der Waals surface area contributed by atoms with Crippen LogP contribution in [0.2, 0.25) is 0 Å². The summed E-state index contributed by atoms with van der Waals surface area (Å²) >= 11 is 0. The summed E-state index contributed by atoms with van der Waals surface area (Å²) in [4.78, 5) is 15.9. The van der Waals surface area contributed by atoms with Crippen LogP contribution in [0, 0.1) is 11.3 Å². The van der Waals surface area contributed by atoms with Gasteiger partial charge in [0.1, 0.15) is 16.6 Å². The highest BCUT2D eigenvalue weighted by Crippen LogP contribution is 2.35. The van der Waals surface area contributed by atoms with Crippen LogP contribution in [0.1, 0.15) is 24.3 Å². The molecule has 9 heteroatoms. The largest absolute Gasteiger partial charge is 0.440 e. The molecule has 0 spiro atoms. The molecule has 1 aromatic heterocycles. The summed E-state index contributed by atoms with van der Waals surface area (Å²) in [6, 6.07) is 4.44. The van der Waals surface area contributed by atoms with Crippen LogP contribution in [0.25, 0.3) is 11.1 Å². The van der Waals surface area contributed by atoms with Crippen molar-refractivity contribution in [2.75, 3.05) is 0 Å². The standard InChI is InChI=1S/C15H13F3N4O2/c16-15(17,18)8-2-1-3-10-12(8)24-11(21-10)6-9(20)13(23)22-14(7-19)4-5-14/h1-3,9H,4-6,20H2,(H,22,23)/t9-/m0/s1. The number of benzene rings is 1. The first-order valence-corrected chi connectivity index (χ1v) is 7.19. The number of hydrogen-bond acceptors (Lipinski definition) is 5. The van der Waals surface area contributed by atoms with E-state index < -0.39 is 29.2 Å². The van der Waals surface area contributed by atoms with Gasteiger partial charge in [0, 0.05) is 6.42 Å². The molecule has 1 amide bonds. The molecular weight excluding hydrogens is 325 g/mol. The first-order chi connectivity index (χ1) is 11.2. The van der Waals surface area contributed by atoms with Crippen molar-refractivity contribution in [2.24, 2.45) is 5.73 Å². The SMILES string of the molecule is N#CC1(NC(=O)[C@@H](N)Cc2nc3cccc(C(F)(F)F)c3o2)CC1. The van der Waals surface area contributed by atoms with Gasteiger partial charge in [-0.1, -0.05) is 6.07 Å². The number of hydrogen-bond donors (Lipinski definition) is 2. The lowest BCUT2D eigenvalue weighted by molar-refractivity contribution is -0.136. The molecule has 1 heterocycles. The Balaban J connectivity index is 1.78. The molecule has 0 bridgehead atoms. The molecule has 1 aliphatic rings. The van der Waals surface area contributed by atoms with Gasteiger partial charge in [-0.25, -0.2) is 4.98 Å². The minimum Gasteiger partial charge on any atom is -0.440 e. The first kappa shape index (κ1) is 16.3. The third kappa shape index (κ3) is 3.05. The summed E-state index contributed by atoms with van der Waals surface area (Å²) in [5.74, 6) is -0.626. The molecule has 2 aromatic rings. The number of rotatable bonds is 4. The quantitative estimate of drug-likeness (QED) is 0.886. The Morgan fingerprint density at radius 1 is 1.50 bits per heavy atom. The third-order valence-corrected chi connectivity index (χ3v) is 3.82. The highest BCUT2D eigenvalue weighted by Gasteiger charge is 2.45. The van der Waals surface area contributed by atoms with E-state index in [4.69, 9.17) is 15.4 Å². The molecular formula is C15H13F3N4O2. The predicted octanol–water partition coefficient (Wildman–Crippen LogP) is 1.89. The average molecular weight is 338 g/mol. The van der Waals surface area contributed by atoms with Crippen LogP contribution in [0.4, 0.5) is 13.2 Å². The maximum Gasteiger partial charge on any atom is 0.420 e. The highest BCUT2D eigenvalue weighted by atomic mass is 19.4. The minimum absolute atomic E-state index is 0.0446. The lowest BCUT2D eigenvalue weighted by Crippen LogP contribution is -2.47. The maximum absolute atomic E-state index is 12.9. The zero-order chi connectivity index (χ0) is 17.5. The van der Waals surface area contributed by atoms with Gasteiger partial charge in [0.25, 0.3) is 0 Å². The van der Waals surface area contributed by atoms with Crippen molar-refractivity contribution in [3.8, 4) is 6.07 Å². The fourth-order valence-corrected chi connectivity index (χ4v) is 2.30. The van der Waals surface area contributed by atoms with E-state index in [0.717, 1.165) is 6.07 Å². The number of alkyl halides is 3. The maximum atomic E-state index is 12.9. The molecule has 1 atom stereocenters. The van der Waals surface area contributed by atoms with Gasteiger partial charge in [0.2, 0.25) is 5.91 Å². The molecule has 24 heavy (non-hydrogen) atoms. The summed E-state index contributed by atoms with van der Waals surface area (Å²) in [5.41, 5.74) is 3.61. The molecule has 1 aromatic carbocycles. The number of carbonyl (C=O) groups excluding carboxylic acids is 1. The van der Waals surface area contributed by atoms with Gasteiger partial charge in [-0.3, -0.25) is 4.79 Å². The van der Waals surface area contributed by atoms with Crippen LogP contribution in [0.15, 0.2) is 22.6 Å². The van der Waals surface area contributed by atoms with Crippen LogP contribution >= 0.6 is 0 Å². The Kier molecular flexibility index (Phi) is 3.72. The van der Waals surface area contributed by atoms with Crippen LogP contribution < -0.4 is 11.1 Å². The fraction of sp³-hybridized carbons (Fsp3) is 0.400. The fourth-order valence-electron chi connectivity index (χ4n) is 2.30. The highest BCUT2D eigenvalue weighted by molar-refractivity contribution is 5.83. The van der Waals surface area contributed by atoms with Gasteiger partial charge in [0.15, 0.2) is 11.5 Å². The predicted molar refractivity (Wildman–Crippen MR) is 76.4 cm³/mol. The molecule has 0 aliphatic heterocycles. The normalized spacial score (nSPS) is 17.3. The van der Waals surface area contributed by atoms with E-state index in [1.54, 1.807) is 0 Å². The Labute approximate surface area is 134 Å². The molecule has 0 radical (unpaired) electrons. The van der Waals surface area contributed by atoms with E-state index in [0.29, 0.717) is 12.8 Å². The number of nitrogens with zero attached hydrogens (tertiary/aromatic N) is 2. The van der Waals surface area contributed by atoms with Crippen molar-refractivity contribution in [3.63, 3.8) is 0 Å². The van der Waals surface area contributed by atoms with E-state index >= 15 is 0 Å². The van der Waals surface area contributed by atoms with Gasteiger partial charge >= 0.3 is 6.18 Å². The first-order valence-electron chi connectivity index (χ1n) is 7.19. The monoisotopic (exact) mass is 338 g/mol. The van der Waals surface area contributed by atoms with Crippen molar-refractivity contribution in [3.05, 3.63) is 29.7 Å². The zero-order valence-corrected chi connectivity index (χ0v) is 12.4. The van der Waals surface area contributed by atoms with Crippen molar-refractivity contribution >= 4 is 17.0 Å². The molecule has 1 saturated carbocycles. The summed E-state index contributed by atoms with van der Waals surface area (Å²) in [5, 5.41) is 11.5. The number of nitrogens with two attached hydrogens (primary N) is 1. The van der Waals surface area contributed by atoms with Crippen LogP contribution in [-0.2, 0) is 17.4 Å². The number of fused-ring (bicyclic) bond motifs is 1. The van der Waals surface area contributed by atoms with Crippen LogP contribution in [-0.4, -0.2) is 22.5 Å². The Morgan fingerprint density at radius 2 is 2.21 bits per heavy atom. The van der Waals surface area contributed by atoms with Gasteiger partial charge in [0.05, 0.1) is 12.1 Å². The number of oxazole rings is 1. The van der Waals surface area contributed by atoms with Gasteiger partial charge < -0.3 is 15.5 Å². The number of nitrogens with one attached hydrogen (secondary N) is 1. The van der Waals surface area contributed by atoms with E-state index in [9.17, 15) is 18.0 Å². The Bertz CT molecular complexity index is 833. The zero-order valence-electron chi connectivity index (χ0n) is 12.4. The molecule has 126 valence electrons. The smallest absolute Gasteiger partial charge is 0.420 e. The topological polar surface area (TPSA) is 105 Å². The molecule has 0 unspecified atom stereocenters. The lowest BCUT2D eigenvalue weighted by Gasteiger charge is -2.13. The summed E-state index contributed by atoms with van der Waals surface area (Å²) < 4.78 is 44.0. The van der Waals surface area contributed by atoms with E-state index in [1.807, 2.05) is 6.07 Å². The van der Waals surface area contributed by atoms with Crippen molar-refractivity contribution in [1.29, 1.82) is 5.26 Å². The van der Waals surface area contributed by atoms with Crippen LogP contribution in [0.3, 0.4) is 0 Å². The van der Waals surface area contributed by atoms with E-state index in [1.165, 1.54) is 12.1 Å². The number of halogens is 3. The van der Waals surface area contributed by atoms with Crippen LogP contribution in [0.5, 0.6) is 0 Å². The average Bonchev–Trinajstić information content (AvgIpc) is 3.16. The molecule has 0 saturated heterocycles.